The van der Waals surface area contributed by atoms with Crippen molar-refractivity contribution in [1.82, 2.24) is 14.5 Å². The van der Waals surface area contributed by atoms with Gasteiger partial charge in [0.2, 0.25) is 5.91 Å². The number of hydrogen-bond donors (Lipinski definition) is 0. The van der Waals surface area contributed by atoms with Crippen LogP contribution in [0.25, 0.3) is 10.9 Å². The highest BCUT2D eigenvalue weighted by Crippen LogP contribution is 2.32. The Labute approximate surface area is 181 Å². The summed E-state index contributed by atoms with van der Waals surface area (Å²) in [5.74, 6) is 1.16. The minimum atomic E-state index is -0.151. The summed E-state index contributed by atoms with van der Waals surface area (Å²) in [6.07, 6.45) is 4.53. The molecule has 1 amide bonds. The van der Waals surface area contributed by atoms with Crippen LogP contribution < -0.4 is 15.0 Å². The Hall–Kier alpha value is -3.35. The summed E-state index contributed by atoms with van der Waals surface area (Å²) in [6.45, 7) is 1.23. The quantitative estimate of drug-likeness (QED) is 0.583. The Kier molecular flexibility index (Phi) is 6.21. The maximum Gasteiger partial charge on any atom is 0.261 e. The van der Waals surface area contributed by atoms with Gasteiger partial charge in [-0.2, -0.15) is 0 Å². The van der Waals surface area contributed by atoms with E-state index in [9.17, 15) is 9.59 Å². The van der Waals surface area contributed by atoms with Gasteiger partial charge in [-0.15, -0.1) is 0 Å². The molecule has 162 valence electrons. The molecule has 31 heavy (non-hydrogen) atoms. The number of benzene rings is 2. The predicted molar refractivity (Wildman–Crippen MR) is 118 cm³/mol. The summed E-state index contributed by atoms with van der Waals surface area (Å²) >= 11 is 0. The number of aromatic nitrogens is 2. The maximum absolute atomic E-state index is 12.9. The molecule has 0 bridgehead atoms. The number of ether oxygens (including phenoxy) is 2. The van der Waals surface area contributed by atoms with Crippen LogP contribution in [0.2, 0.25) is 0 Å². The molecule has 1 saturated heterocycles. The van der Waals surface area contributed by atoms with Crippen LogP contribution in [0, 0.1) is 0 Å². The molecule has 0 N–H and O–H groups in total. The van der Waals surface area contributed by atoms with Gasteiger partial charge in [-0.05, 0) is 30.9 Å². The van der Waals surface area contributed by atoms with Crippen LogP contribution in [0.3, 0.4) is 0 Å². The average Bonchev–Trinajstić information content (AvgIpc) is 3.30. The van der Waals surface area contributed by atoms with Crippen molar-refractivity contribution in [2.75, 3.05) is 20.8 Å². The van der Waals surface area contributed by atoms with Gasteiger partial charge in [0.25, 0.3) is 5.56 Å². The lowest BCUT2D eigenvalue weighted by Crippen LogP contribution is -2.30. The number of aryl methyl sites for hydroxylation is 1. The van der Waals surface area contributed by atoms with E-state index in [-0.39, 0.29) is 17.5 Å². The first-order valence-electron chi connectivity index (χ1n) is 10.6. The van der Waals surface area contributed by atoms with Gasteiger partial charge in [0.1, 0.15) is 0 Å². The highest BCUT2D eigenvalue weighted by molar-refractivity contribution is 5.81. The molecule has 3 aromatic rings. The fourth-order valence-corrected chi connectivity index (χ4v) is 4.28. The van der Waals surface area contributed by atoms with Crippen molar-refractivity contribution in [2.45, 2.75) is 38.3 Å². The van der Waals surface area contributed by atoms with Gasteiger partial charge < -0.3 is 14.4 Å². The molecular formula is C24H27N3O4. The maximum atomic E-state index is 12.9. The topological polar surface area (TPSA) is 73.7 Å². The lowest BCUT2D eigenvalue weighted by molar-refractivity contribution is -0.132. The van der Waals surface area contributed by atoms with Crippen molar-refractivity contribution in [2.24, 2.45) is 0 Å². The second-order valence-electron chi connectivity index (χ2n) is 7.73. The van der Waals surface area contributed by atoms with Gasteiger partial charge in [0.15, 0.2) is 11.5 Å². The van der Waals surface area contributed by atoms with Crippen LogP contribution in [-0.4, -0.2) is 41.1 Å². The second kappa shape index (κ2) is 9.20. The average molecular weight is 421 g/mol. The number of nitrogens with zero attached hydrogens (tertiary/aromatic N) is 3. The normalized spacial score (nSPS) is 15.9. The summed E-state index contributed by atoms with van der Waals surface area (Å²) in [5, 5.41) is 0.468. The number of hydrogen-bond acceptors (Lipinski definition) is 5. The fraction of sp³-hybridized carbons (Fsp3) is 0.375. The SMILES string of the molecule is COc1cc2ncn(CCCC(=O)N3CCCC3c3ccccc3)c(=O)c2cc1OC. The first-order valence-corrected chi connectivity index (χ1v) is 10.6. The summed E-state index contributed by atoms with van der Waals surface area (Å²) < 4.78 is 12.1. The zero-order valence-corrected chi connectivity index (χ0v) is 17.9. The molecule has 1 atom stereocenters. The number of methoxy groups -OCH3 is 2. The van der Waals surface area contributed by atoms with Crippen molar-refractivity contribution in [3.05, 3.63) is 64.7 Å². The molecule has 2 aromatic carbocycles. The molecule has 0 radical (unpaired) electrons. The van der Waals surface area contributed by atoms with E-state index in [2.05, 4.69) is 17.1 Å². The minimum Gasteiger partial charge on any atom is -0.493 e. The number of carbonyl (C=O) groups excluding carboxylic acids is 1. The third kappa shape index (κ3) is 4.26. The summed E-state index contributed by atoms with van der Waals surface area (Å²) in [6, 6.07) is 13.7. The monoisotopic (exact) mass is 421 g/mol. The molecule has 0 aliphatic carbocycles. The number of carbonyl (C=O) groups is 1. The third-order valence-electron chi connectivity index (χ3n) is 5.88. The highest BCUT2D eigenvalue weighted by atomic mass is 16.5. The zero-order chi connectivity index (χ0) is 21.8. The molecule has 7 heteroatoms. The first-order chi connectivity index (χ1) is 15.1. The molecule has 2 heterocycles. The minimum absolute atomic E-state index is 0.138. The molecule has 1 fully saturated rings. The van der Waals surface area contributed by atoms with Crippen LogP contribution in [-0.2, 0) is 11.3 Å². The number of rotatable bonds is 7. The van der Waals surface area contributed by atoms with Crippen molar-refractivity contribution in [1.29, 1.82) is 0 Å². The van der Waals surface area contributed by atoms with Crippen LogP contribution in [0.15, 0.2) is 53.6 Å². The molecule has 4 rings (SSSR count). The molecule has 0 spiro atoms. The van der Waals surface area contributed by atoms with E-state index in [1.54, 1.807) is 23.8 Å². The zero-order valence-electron chi connectivity index (χ0n) is 17.9. The molecular weight excluding hydrogens is 394 g/mol. The summed E-state index contributed by atoms with van der Waals surface area (Å²) in [7, 11) is 3.08. The Morgan fingerprint density at radius 3 is 2.61 bits per heavy atom. The van der Waals surface area contributed by atoms with Gasteiger partial charge in [-0.25, -0.2) is 4.98 Å². The van der Waals surface area contributed by atoms with Crippen LogP contribution in [0.1, 0.15) is 37.3 Å². The van der Waals surface area contributed by atoms with Gasteiger partial charge in [0.05, 0.1) is 37.5 Å². The smallest absolute Gasteiger partial charge is 0.261 e. The van der Waals surface area contributed by atoms with E-state index in [0.29, 0.717) is 41.8 Å². The number of likely N-dealkylation sites (tertiary alicyclic amines) is 1. The van der Waals surface area contributed by atoms with Crippen molar-refractivity contribution < 1.29 is 14.3 Å². The van der Waals surface area contributed by atoms with E-state index >= 15 is 0 Å². The second-order valence-corrected chi connectivity index (χ2v) is 7.73. The third-order valence-corrected chi connectivity index (χ3v) is 5.88. The highest BCUT2D eigenvalue weighted by Gasteiger charge is 2.29. The molecule has 1 aromatic heterocycles. The van der Waals surface area contributed by atoms with Gasteiger partial charge in [-0.1, -0.05) is 30.3 Å². The van der Waals surface area contributed by atoms with Crippen LogP contribution in [0.5, 0.6) is 11.5 Å². The van der Waals surface area contributed by atoms with Crippen molar-refractivity contribution in [3.8, 4) is 11.5 Å². The number of fused-ring (bicyclic) bond motifs is 1. The molecule has 7 nitrogen and oxygen atoms in total. The Bertz CT molecular complexity index is 1130. The van der Waals surface area contributed by atoms with Crippen molar-refractivity contribution >= 4 is 16.8 Å². The fourth-order valence-electron chi connectivity index (χ4n) is 4.28. The standard InChI is InChI=1S/C24H27N3O4/c1-30-21-14-18-19(15-22(21)31-2)25-16-26(24(18)29)12-7-11-23(28)27-13-6-10-20(27)17-8-4-3-5-9-17/h3-5,8-9,14-16,20H,6-7,10-13H2,1-2H3. The lowest BCUT2D eigenvalue weighted by Gasteiger charge is -2.25. The lowest BCUT2D eigenvalue weighted by atomic mass is 10.0. The summed E-state index contributed by atoms with van der Waals surface area (Å²) in [5.41, 5.74) is 1.59. The largest absolute Gasteiger partial charge is 0.493 e. The molecule has 1 unspecified atom stereocenters. The first kappa shape index (κ1) is 20.9. The number of amides is 1. The van der Waals surface area contributed by atoms with Crippen LogP contribution in [0.4, 0.5) is 0 Å². The Morgan fingerprint density at radius 1 is 1.13 bits per heavy atom. The summed E-state index contributed by atoms with van der Waals surface area (Å²) in [4.78, 5) is 32.1. The van der Waals surface area contributed by atoms with Gasteiger partial charge in [0, 0.05) is 25.6 Å². The van der Waals surface area contributed by atoms with E-state index < -0.39 is 0 Å². The Morgan fingerprint density at radius 2 is 1.87 bits per heavy atom. The molecule has 1 aliphatic rings. The predicted octanol–water partition coefficient (Wildman–Crippen LogP) is 3.56. The van der Waals surface area contributed by atoms with E-state index in [0.717, 1.165) is 19.4 Å². The van der Waals surface area contributed by atoms with Crippen LogP contribution >= 0.6 is 0 Å². The van der Waals surface area contributed by atoms with Gasteiger partial charge >= 0.3 is 0 Å². The Balaban J connectivity index is 1.44. The van der Waals surface area contributed by atoms with E-state index in [1.165, 1.54) is 19.0 Å². The molecule has 0 saturated carbocycles. The van der Waals surface area contributed by atoms with E-state index in [1.807, 2.05) is 23.1 Å². The van der Waals surface area contributed by atoms with E-state index in [4.69, 9.17) is 9.47 Å². The van der Waals surface area contributed by atoms with Gasteiger partial charge in [-0.3, -0.25) is 14.2 Å². The van der Waals surface area contributed by atoms with Crippen molar-refractivity contribution in [3.63, 3.8) is 0 Å². The molecule has 1 aliphatic heterocycles.